The fourth-order valence-corrected chi connectivity index (χ4v) is 2.22. The maximum atomic E-state index is 5.71. The molecule has 2 atom stereocenters. The van der Waals surface area contributed by atoms with Crippen LogP contribution in [0.4, 0.5) is 0 Å². The number of hydrogen-bond donors (Lipinski definition) is 0. The molecule has 0 amide bonds. The fraction of sp³-hybridized carbons (Fsp3) is 0.818. The predicted octanol–water partition coefficient (Wildman–Crippen LogP) is 2.49. The Bertz CT molecular complexity index is 173. The van der Waals surface area contributed by atoms with E-state index in [2.05, 4.69) is 6.58 Å². The van der Waals surface area contributed by atoms with Crippen LogP contribution < -0.4 is 0 Å². The van der Waals surface area contributed by atoms with Gasteiger partial charge in [-0.1, -0.05) is 25.3 Å². The first-order chi connectivity index (χ1) is 6.40. The third-order valence-electron chi connectivity index (χ3n) is 3.03. The van der Waals surface area contributed by atoms with Gasteiger partial charge in [0.05, 0.1) is 6.61 Å². The van der Waals surface area contributed by atoms with E-state index in [1.165, 1.54) is 32.1 Å². The van der Waals surface area contributed by atoms with Crippen LogP contribution in [0.25, 0.3) is 0 Å². The van der Waals surface area contributed by atoms with Gasteiger partial charge in [0, 0.05) is 5.92 Å². The molecule has 1 aliphatic carbocycles. The zero-order valence-electron chi connectivity index (χ0n) is 8.08. The summed E-state index contributed by atoms with van der Waals surface area (Å²) < 4.78 is 11.3. The van der Waals surface area contributed by atoms with E-state index in [0.717, 1.165) is 0 Å². The maximum absolute atomic E-state index is 5.71. The van der Waals surface area contributed by atoms with Crippen molar-refractivity contribution < 1.29 is 9.47 Å². The van der Waals surface area contributed by atoms with Gasteiger partial charge in [-0.2, -0.15) is 0 Å². The monoisotopic (exact) mass is 182 g/mol. The van der Waals surface area contributed by atoms with Gasteiger partial charge < -0.3 is 9.47 Å². The molecule has 1 saturated heterocycles. The van der Waals surface area contributed by atoms with Crippen molar-refractivity contribution in [2.24, 2.45) is 5.92 Å². The second-order valence-corrected chi connectivity index (χ2v) is 4.01. The predicted molar refractivity (Wildman–Crippen MR) is 51.4 cm³/mol. The lowest BCUT2D eigenvalue weighted by atomic mass is 9.89. The SMILES string of the molecule is C=C[C@H]1CO[C@@H](C2CCCCC2)O1. The van der Waals surface area contributed by atoms with Crippen molar-refractivity contribution in [2.45, 2.75) is 44.5 Å². The third-order valence-corrected chi connectivity index (χ3v) is 3.03. The molecular formula is C11H18O2. The third kappa shape index (κ3) is 2.12. The fourth-order valence-electron chi connectivity index (χ4n) is 2.22. The molecule has 13 heavy (non-hydrogen) atoms. The summed E-state index contributed by atoms with van der Waals surface area (Å²) in [5.41, 5.74) is 0. The van der Waals surface area contributed by atoms with Gasteiger partial charge in [0.25, 0.3) is 0 Å². The standard InChI is InChI=1S/C11H18O2/c1-2-10-8-12-11(13-10)9-6-4-3-5-7-9/h2,9-11H,1,3-8H2/t10-,11+/m0/s1. The number of ether oxygens (including phenoxy) is 2. The van der Waals surface area contributed by atoms with Crippen LogP contribution in [0, 0.1) is 5.92 Å². The molecule has 0 unspecified atom stereocenters. The molecule has 2 rings (SSSR count). The molecule has 2 aliphatic rings. The Morgan fingerprint density at radius 1 is 1.15 bits per heavy atom. The highest BCUT2D eigenvalue weighted by atomic mass is 16.7. The summed E-state index contributed by atoms with van der Waals surface area (Å²) in [5, 5.41) is 0. The summed E-state index contributed by atoms with van der Waals surface area (Å²) in [6.07, 6.45) is 8.63. The van der Waals surface area contributed by atoms with Gasteiger partial charge in [-0.15, -0.1) is 6.58 Å². The van der Waals surface area contributed by atoms with Gasteiger partial charge in [0.1, 0.15) is 6.10 Å². The normalized spacial score (nSPS) is 36.3. The highest BCUT2D eigenvalue weighted by Crippen LogP contribution is 2.31. The lowest BCUT2D eigenvalue weighted by molar-refractivity contribution is -0.0992. The van der Waals surface area contributed by atoms with Crippen LogP contribution >= 0.6 is 0 Å². The molecule has 0 aromatic heterocycles. The molecular weight excluding hydrogens is 164 g/mol. The van der Waals surface area contributed by atoms with Crippen molar-refractivity contribution in [3.63, 3.8) is 0 Å². The molecule has 0 N–H and O–H groups in total. The Morgan fingerprint density at radius 2 is 1.92 bits per heavy atom. The average molecular weight is 182 g/mol. The van der Waals surface area contributed by atoms with Gasteiger partial charge in [-0.05, 0) is 12.8 Å². The molecule has 1 saturated carbocycles. The first-order valence-electron chi connectivity index (χ1n) is 5.30. The van der Waals surface area contributed by atoms with Gasteiger partial charge >= 0.3 is 0 Å². The summed E-state index contributed by atoms with van der Waals surface area (Å²) >= 11 is 0. The van der Waals surface area contributed by atoms with E-state index in [9.17, 15) is 0 Å². The first kappa shape index (κ1) is 9.22. The smallest absolute Gasteiger partial charge is 0.161 e. The molecule has 0 bridgehead atoms. The number of hydrogen-bond acceptors (Lipinski definition) is 2. The first-order valence-corrected chi connectivity index (χ1v) is 5.30. The lowest BCUT2D eigenvalue weighted by Gasteiger charge is -2.25. The van der Waals surface area contributed by atoms with E-state index in [0.29, 0.717) is 12.5 Å². The average Bonchev–Trinajstić information content (AvgIpc) is 2.67. The van der Waals surface area contributed by atoms with Crippen molar-refractivity contribution >= 4 is 0 Å². The van der Waals surface area contributed by atoms with Crippen LogP contribution in [0.1, 0.15) is 32.1 Å². The van der Waals surface area contributed by atoms with E-state index >= 15 is 0 Å². The minimum absolute atomic E-state index is 0.0586. The zero-order valence-corrected chi connectivity index (χ0v) is 8.08. The van der Waals surface area contributed by atoms with E-state index in [1.807, 2.05) is 6.08 Å². The van der Waals surface area contributed by atoms with E-state index in [4.69, 9.17) is 9.47 Å². The highest BCUT2D eigenvalue weighted by Gasteiger charge is 2.31. The zero-order chi connectivity index (χ0) is 9.10. The Labute approximate surface area is 79.9 Å². The van der Waals surface area contributed by atoms with Crippen molar-refractivity contribution in [1.29, 1.82) is 0 Å². The Morgan fingerprint density at radius 3 is 2.54 bits per heavy atom. The second kappa shape index (κ2) is 4.25. The van der Waals surface area contributed by atoms with Gasteiger partial charge in [0.15, 0.2) is 6.29 Å². The van der Waals surface area contributed by atoms with Crippen molar-refractivity contribution in [3.05, 3.63) is 12.7 Å². The van der Waals surface area contributed by atoms with E-state index in [-0.39, 0.29) is 12.4 Å². The molecule has 0 radical (unpaired) electrons. The van der Waals surface area contributed by atoms with Gasteiger partial charge in [0.2, 0.25) is 0 Å². The van der Waals surface area contributed by atoms with Crippen LogP contribution in [0.3, 0.4) is 0 Å². The van der Waals surface area contributed by atoms with Crippen molar-refractivity contribution in [3.8, 4) is 0 Å². The molecule has 74 valence electrons. The number of rotatable bonds is 2. The van der Waals surface area contributed by atoms with E-state index in [1.54, 1.807) is 0 Å². The Balaban J connectivity index is 1.83. The second-order valence-electron chi connectivity index (χ2n) is 4.01. The summed E-state index contributed by atoms with van der Waals surface area (Å²) in [6, 6.07) is 0. The Hall–Kier alpha value is -0.340. The van der Waals surface area contributed by atoms with Gasteiger partial charge in [-0.3, -0.25) is 0 Å². The molecule has 2 fully saturated rings. The highest BCUT2D eigenvalue weighted by molar-refractivity contribution is 4.85. The molecule has 0 spiro atoms. The largest absolute Gasteiger partial charge is 0.349 e. The van der Waals surface area contributed by atoms with Gasteiger partial charge in [-0.25, -0.2) is 0 Å². The summed E-state index contributed by atoms with van der Waals surface area (Å²) in [5.74, 6) is 0.638. The van der Waals surface area contributed by atoms with Crippen LogP contribution in [0.15, 0.2) is 12.7 Å². The quantitative estimate of drug-likeness (QED) is 0.611. The van der Waals surface area contributed by atoms with Crippen LogP contribution in [0.2, 0.25) is 0 Å². The molecule has 1 aliphatic heterocycles. The van der Waals surface area contributed by atoms with E-state index < -0.39 is 0 Å². The maximum Gasteiger partial charge on any atom is 0.161 e. The Kier molecular flexibility index (Phi) is 3.01. The topological polar surface area (TPSA) is 18.5 Å². The molecule has 1 heterocycles. The van der Waals surface area contributed by atoms with Crippen LogP contribution in [-0.2, 0) is 9.47 Å². The lowest BCUT2D eigenvalue weighted by Crippen LogP contribution is -2.24. The molecule has 2 heteroatoms. The summed E-state index contributed by atoms with van der Waals surface area (Å²) in [4.78, 5) is 0. The summed E-state index contributed by atoms with van der Waals surface area (Å²) in [6.45, 7) is 4.42. The van der Waals surface area contributed by atoms with Crippen molar-refractivity contribution in [1.82, 2.24) is 0 Å². The molecule has 0 aromatic carbocycles. The minimum atomic E-state index is 0.0586. The van der Waals surface area contributed by atoms with Crippen LogP contribution in [-0.4, -0.2) is 19.0 Å². The van der Waals surface area contributed by atoms with Crippen LogP contribution in [0.5, 0.6) is 0 Å². The minimum Gasteiger partial charge on any atom is -0.349 e. The van der Waals surface area contributed by atoms with Crippen molar-refractivity contribution in [2.75, 3.05) is 6.61 Å². The molecule has 2 nitrogen and oxygen atoms in total. The summed E-state index contributed by atoms with van der Waals surface area (Å²) in [7, 11) is 0. The molecule has 0 aromatic rings.